The van der Waals surface area contributed by atoms with Crippen LogP contribution in [0.4, 0.5) is 0 Å². The summed E-state index contributed by atoms with van der Waals surface area (Å²) in [6.45, 7) is 6.93. The van der Waals surface area contributed by atoms with Crippen LogP contribution in [-0.4, -0.2) is 65.0 Å². The molecule has 1 aliphatic rings. The molecule has 3 aromatic carbocycles. The minimum atomic E-state index is -0.843. The number of phenolic OH excluding ortho intramolecular Hbond substituents is 1. The van der Waals surface area contributed by atoms with Crippen molar-refractivity contribution in [1.82, 2.24) is 9.80 Å². The van der Waals surface area contributed by atoms with Gasteiger partial charge in [0.05, 0.1) is 18.7 Å². The van der Waals surface area contributed by atoms with E-state index in [0.717, 1.165) is 18.7 Å². The molecule has 3 aromatic rings. The molecule has 8 nitrogen and oxygen atoms in total. The fourth-order valence-electron chi connectivity index (χ4n) is 4.72. The van der Waals surface area contributed by atoms with Crippen molar-refractivity contribution >= 4 is 17.4 Å². The summed E-state index contributed by atoms with van der Waals surface area (Å²) in [5, 5.41) is 21.5. The van der Waals surface area contributed by atoms with E-state index in [2.05, 4.69) is 4.90 Å². The number of likely N-dealkylation sites (N-methyl/N-ethyl adjacent to an activating group) is 1. The molecule has 204 valence electrons. The van der Waals surface area contributed by atoms with Crippen LogP contribution in [0.2, 0.25) is 0 Å². The van der Waals surface area contributed by atoms with Gasteiger partial charge in [-0.2, -0.15) is 0 Å². The van der Waals surface area contributed by atoms with Crippen molar-refractivity contribution in [3.63, 3.8) is 0 Å². The zero-order valence-corrected chi connectivity index (χ0v) is 22.5. The second kappa shape index (κ2) is 12.5. The fraction of sp³-hybridized carbons (Fsp3) is 0.290. The topological polar surface area (TPSA) is 99.5 Å². The molecular weight excluding hydrogens is 496 g/mol. The van der Waals surface area contributed by atoms with Gasteiger partial charge in [-0.3, -0.25) is 9.59 Å². The molecule has 1 heterocycles. The van der Waals surface area contributed by atoms with E-state index in [4.69, 9.17) is 9.47 Å². The average molecular weight is 531 g/mol. The largest absolute Gasteiger partial charge is 0.507 e. The van der Waals surface area contributed by atoms with E-state index in [1.807, 2.05) is 44.2 Å². The number of likely N-dealkylation sites (tertiary alicyclic amines) is 1. The number of aliphatic hydroxyl groups excluding tert-OH is 1. The monoisotopic (exact) mass is 530 g/mol. The number of hydrogen-bond donors (Lipinski definition) is 2. The summed E-state index contributed by atoms with van der Waals surface area (Å²) in [6.07, 6.45) is 0. The Morgan fingerprint density at radius 1 is 0.974 bits per heavy atom. The molecule has 1 amide bonds. The summed E-state index contributed by atoms with van der Waals surface area (Å²) in [5.41, 5.74) is 1.95. The Hall–Kier alpha value is -4.30. The molecule has 0 saturated carbocycles. The number of methoxy groups -OCH3 is 1. The second-order valence-electron chi connectivity index (χ2n) is 9.25. The first-order valence-electron chi connectivity index (χ1n) is 13.0. The number of aromatic hydroxyl groups is 1. The number of phenols is 1. The van der Waals surface area contributed by atoms with E-state index in [1.165, 1.54) is 18.1 Å². The first-order valence-corrected chi connectivity index (χ1v) is 13.0. The van der Waals surface area contributed by atoms with E-state index >= 15 is 0 Å². The summed E-state index contributed by atoms with van der Waals surface area (Å²) < 4.78 is 11.1. The molecule has 1 saturated heterocycles. The molecule has 0 spiro atoms. The number of ether oxygens (including phenoxy) is 2. The summed E-state index contributed by atoms with van der Waals surface area (Å²) >= 11 is 0. The third kappa shape index (κ3) is 6.07. The van der Waals surface area contributed by atoms with E-state index in [9.17, 15) is 19.8 Å². The van der Waals surface area contributed by atoms with Gasteiger partial charge in [0.15, 0.2) is 11.5 Å². The molecule has 1 unspecified atom stereocenters. The SMILES string of the molecule is CCN(CC)CCN1C(=O)C(=O)/C(=C(/O)c2ccc(OCc3ccccc3)cc2)C1c1ccc(O)c(OC)c1. The second-order valence-corrected chi connectivity index (χ2v) is 9.25. The molecule has 4 rings (SSSR count). The number of aliphatic hydroxyl groups is 1. The van der Waals surface area contributed by atoms with Crippen LogP contribution in [-0.2, 0) is 16.2 Å². The van der Waals surface area contributed by atoms with Crippen LogP contribution >= 0.6 is 0 Å². The highest BCUT2D eigenvalue weighted by molar-refractivity contribution is 6.46. The quantitative estimate of drug-likeness (QED) is 0.210. The van der Waals surface area contributed by atoms with Crippen LogP contribution < -0.4 is 9.47 Å². The van der Waals surface area contributed by atoms with Gasteiger partial charge < -0.3 is 29.5 Å². The van der Waals surface area contributed by atoms with E-state index in [-0.39, 0.29) is 22.8 Å². The molecule has 1 aliphatic heterocycles. The van der Waals surface area contributed by atoms with Crippen LogP contribution in [0.5, 0.6) is 17.2 Å². The predicted molar refractivity (Wildman–Crippen MR) is 149 cm³/mol. The lowest BCUT2D eigenvalue weighted by atomic mass is 9.95. The third-order valence-corrected chi connectivity index (χ3v) is 6.99. The minimum absolute atomic E-state index is 0.00903. The van der Waals surface area contributed by atoms with E-state index in [0.29, 0.717) is 36.6 Å². The average Bonchev–Trinajstić information content (AvgIpc) is 3.22. The first kappa shape index (κ1) is 27.7. The molecule has 8 heteroatoms. The van der Waals surface area contributed by atoms with Gasteiger partial charge in [-0.05, 0) is 60.6 Å². The Morgan fingerprint density at radius 2 is 1.67 bits per heavy atom. The molecule has 39 heavy (non-hydrogen) atoms. The number of nitrogens with zero attached hydrogens (tertiary/aromatic N) is 2. The number of carbonyl (C=O) groups excluding carboxylic acids is 2. The molecule has 0 aromatic heterocycles. The lowest BCUT2D eigenvalue weighted by Gasteiger charge is -2.28. The number of hydrogen-bond acceptors (Lipinski definition) is 7. The van der Waals surface area contributed by atoms with Crippen LogP contribution in [0.25, 0.3) is 5.76 Å². The number of benzene rings is 3. The zero-order chi connectivity index (χ0) is 27.9. The van der Waals surface area contributed by atoms with Gasteiger partial charge >= 0.3 is 0 Å². The van der Waals surface area contributed by atoms with Crippen molar-refractivity contribution in [2.24, 2.45) is 0 Å². The molecule has 0 radical (unpaired) electrons. The highest BCUT2D eigenvalue weighted by Crippen LogP contribution is 2.41. The number of rotatable bonds is 11. The molecule has 2 N–H and O–H groups in total. The predicted octanol–water partition coefficient (Wildman–Crippen LogP) is 4.74. The molecular formula is C31H34N2O6. The van der Waals surface area contributed by atoms with Crippen LogP contribution in [0.3, 0.4) is 0 Å². The Labute approximate surface area is 228 Å². The van der Waals surface area contributed by atoms with Gasteiger partial charge in [-0.1, -0.05) is 50.2 Å². The van der Waals surface area contributed by atoms with Gasteiger partial charge in [0.25, 0.3) is 11.7 Å². The lowest BCUT2D eigenvalue weighted by molar-refractivity contribution is -0.140. The Balaban J connectivity index is 1.68. The summed E-state index contributed by atoms with van der Waals surface area (Å²) in [7, 11) is 1.43. The third-order valence-electron chi connectivity index (χ3n) is 6.99. The van der Waals surface area contributed by atoms with Gasteiger partial charge in [-0.25, -0.2) is 0 Å². The number of ketones is 1. The van der Waals surface area contributed by atoms with Crippen molar-refractivity contribution in [3.05, 3.63) is 95.1 Å². The van der Waals surface area contributed by atoms with Crippen molar-refractivity contribution in [1.29, 1.82) is 0 Å². The summed E-state index contributed by atoms with van der Waals surface area (Å²) in [5.74, 6) is -0.952. The zero-order valence-electron chi connectivity index (χ0n) is 22.5. The number of amides is 1. The van der Waals surface area contributed by atoms with E-state index in [1.54, 1.807) is 36.4 Å². The maximum atomic E-state index is 13.3. The molecule has 1 fully saturated rings. The van der Waals surface area contributed by atoms with Crippen molar-refractivity contribution in [3.8, 4) is 17.2 Å². The minimum Gasteiger partial charge on any atom is -0.507 e. The number of carbonyl (C=O) groups is 2. The maximum Gasteiger partial charge on any atom is 0.295 e. The number of Topliss-reactive ketones (excluding diaryl/α,β-unsaturated/α-hetero) is 1. The Kier molecular flexibility index (Phi) is 8.88. The fourth-order valence-corrected chi connectivity index (χ4v) is 4.72. The van der Waals surface area contributed by atoms with Gasteiger partial charge in [0.2, 0.25) is 0 Å². The Bertz CT molecular complexity index is 1330. The highest BCUT2D eigenvalue weighted by Gasteiger charge is 2.46. The highest BCUT2D eigenvalue weighted by atomic mass is 16.5. The normalized spacial score (nSPS) is 16.6. The summed E-state index contributed by atoms with van der Waals surface area (Å²) in [4.78, 5) is 30.2. The first-order chi connectivity index (χ1) is 18.9. The van der Waals surface area contributed by atoms with Gasteiger partial charge in [-0.15, -0.1) is 0 Å². The van der Waals surface area contributed by atoms with Crippen molar-refractivity contribution in [2.45, 2.75) is 26.5 Å². The molecule has 0 bridgehead atoms. The summed E-state index contributed by atoms with van der Waals surface area (Å²) in [6, 6.07) is 20.3. The maximum absolute atomic E-state index is 13.3. The van der Waals surface area contributed by atoms with Crippen molar-refractivity contribution in [2.75, 3.05) is 33.3 Å². The van der Waals surface area contributed by atoms with Crippen molar-refractivity contribution < 1.29 is 29.3 Å². The standard InChI is InChI=1S/C31H34N2O6/c1-4-32(5-2)17-18-33-28(23-13-16-25(34)26(19-23)38-3)27(30(36)31(33)37)29(35)22-11-14-24(15-12-22)39-20-21-9-7-6-8-10-21/h6-16,19,28,34-35H,4-5,17-18,20H2,1-3H3/b29-27+. The smallest absolute Gasteiger partial charge is 0.295 e. The van der Waals surface area contributed by atoms with Crippen LogP contribution in [0, 0.1) is 0 Å². The van der Waals surface area contributed by atoms with Gasteiger partial charge in [0.1, 0.15) is 18.1 Å². The van der Waals surface area contributed by atoms with E-state index < -0.39 is 17.7 Å². The van der Waals surface area contributed by atoms with Crippen LogP contribution in [0.1, 0.15) is 36.6 Å². The Morgan fingerprint density at radius 3 is 2.31 bits per heavy atom. The van der Waals surface area contributed by atoms with Gasteiger partial charge in [0, 0.05) is 18.7 Å². The molecule has 1 atom stereocenters. The lowest BCUT2D eigenvalue weighted by Crippen LogP contribution is -2.38. The molecule has 0 aliphatic carbocycles. The van der Waals surface area contributed by atoms with Crippen LogP contribution in [0.15, 0.2) is 78.4 Å².